The maximum absolute atomic E-state index is 9.69. The third-order valence-electron chi connectivity index (χ3n) is 1.99. The summed E-state index contributed by atoms with van der Waals surface area (Å²) in [4.78, 5) is 0. The van der Waals surface area contributed by atoms with Gasteiger partial charge in [-0.3, -0.25) is 0 Å². The van der Waals surface area contributed by atoms with Crippen LogP contribution in [0.5, 0.6) is 0 Å². The number of aliphatic hydroxyl groups is 1. The average Bonchev–Trinajstić information content (AvgIpc) is 1.96. The van der Waals surface area contributed by atoms with E-state index in [0.717, 1.165) is 18.6 Å². The molecule has 1 rings (SSSR count). The maximum Gasteiger partial charge on any atom is 0.136 e. The zero-order chi connectivity index (χ0) is 7.61. The van der Waals surface area contributed by atoms with Gasteiger partial charge in [-0.25, -0.2) is 0 Å². The second-order valence-electron chi connectivity index (χ2n) is 2.69. The third kappa shape index (κ3) is 1.31. The molecule has 2 atom stereocenters. The number of hydrogen-bond acceptors (Lipinski definition) is 2. The second-order valence-corrected chi connectivity index (χ2v) is 4.13. The van der Waals surface area contributed by atoms with Crippen molar-refractivity contribution in [1.82, 2.24) is 0 Å². The molecule has 1 aliphatic rings. The van der Waals surface area contributed by atoms with Gasteiger partial charge in [0, 0.05) is 5.25 Å². The van der Waals surface area contributed by atoms with Gasteiger partial charge in [-0.05, 0) is 25.5 Å². The van der Waals surface area contributed by atoms with E-state index < -0.39 is 5.60 Å². The van der Waals surface area contributed by atoms with E-state index in [2.05, 4.69) is 5.92 Å². The van der Waals surface area contributed by atoms with Crippen molar-refractivity contribution < 1.29 is 5.11 Å². The summed E-state index contributed by atoms with van der Waals surface area (Å²) in [5.41, 5.74) is -0.830. The summed E-state index contributed by atoms with van der Waals surface area (Å²) < 4.78 is 0. The van der Waals surface area contributed by atoms with E-state index in [9.17, 15) is 5.11 Å². The quantitative estimate of drug-likeness (QED) is 0.533. The molecule has 1 saturated heterocycles. The Morgan fingerprint density at radius 1 is 1.80 bits per heavy atom. The molecule has 1 heterocycles. The second kappa shape index (κ2) is 2.86. The van der Waals surface area contributed by atoms with Crippen LogP contribution in [0.3, 0.4) is 0 Å². The fourth-order valence-electron chi connectivity index (χ4n) is 1.13. The standard InChI is InChI=1S/C8H12OS/c1-3-8(9)5-4-6-10-7(8)2/h1,7,9H,4-6H2,2H3. The molecule has 2 heteroatoms. The molecule has 1 fully saturated rings. The molecule has 2 unspecified atom stereocenters. The number of hydrogen-bond donors (Lipinski definition) is 1. The Bertz CT molecular complexity index is 161. The van der Waals surface area contributed by atoms with E-state index in [4.69, 9.17) is 6.42 Å². The average molecular weight is 156 g/mol. The molecule has 0 aromatic carbocycles. The van der Waals surface area contributed by atoms with Crippen LogP contribution in [0.15, 0.2) is 0 Å². The molecule has 0 amide bonds. The van der Waals surface area contributed by atoms with Gasteiger partial charge < -0.3 is 5.11 Å². The molecule has 1 N–H and O–H groups in total. The fraction of sp³-hybridized carbons (Fsp3) is 0.750. The lowest BCUT2D eigenvalue weighted by Gasteiger charge is -2.32. The number of rotatable bonds is 0. The molecular formula is C8H12OS. The summed E-state index contributed by atoms with van der Waals surface area (Å²) in [5, 5.41) is 9.89. The van der Waals surface area contributed by atoms with Gasteiger partial charge in [0.05, 0.1) is 0 Å². The lowest BCUT2D eigenvalue weighted by molar-refractivity contribution is 0.0895. The first-order valence-electron chi connectivity index (χ1n) is 3.51. The van der Waals surface area contributed by atoms with Crippen molar-refractivity contribution in [3.05, 3.63) is 0 Å². The minimum Gasteiger partial charge on any atom is -0.376 e. The van der Waals surface area contributed by atoms with Gasteiger partial charge in [-0.2, -0.15) is 11.8 Å². The van der Waals surface area contributed by atoms with Gasteiger partial charge in [0.2, 0.25) is 0 Å². The minimum absolute atomic E-state index is 0.200. The molecule has 0 spiro atoms. The molecular weight excluding hydrogens is 144 g/mol. The van der Waals surface area contributed by atoms with Crippen LogP contribution in [0.2, 0.25) is 0 Å². The van der Waals surface area contributed by atoms with Crippen LogP contribution < -0.4 is 0 Å². The molecule has 0 aliphatic carbocycles. The van der Waals surface area contributed by atoms with Crippen molar-refractivity contribution in [3.8, 4) is 12.3 Å². The summed E-state index contributed by atoms with van der Waals surface area (Å²) in [7, 11) is 0. The lowest BCUT2D eigenvalue weighted by atomic mass is 9.95. The van der Waals surface area contributed by atoms with Crippen molar-refractivity contribution in [2.75, 3.05) is 5.75 Å². The van der Waals surface area contributed by atoms with Crippen molar-refractivity contribution in [2.24, 2.45) is 0 Å². The van der Waals surface area contributed by atoms with Crippen LogP contribution in [-0.2, 0) is 0 Å². The fourth-order valence-corrected chi connectivity index (χ4v) is 2.26. The zero-order valence-electron chi connectivity index (χ0n) is 6.13. The summed E-state index contributed by atoms with van der Waals surface area (Å²) in [6.45, 7) is 1.99. The predicted molar refractivity (Wildman–Crippen MR) is 44.9 cm³/mol. The molecule has 1 aliphatic heterocycles. The van der Waals surface area contributed by atoms with E-state index in [-0.39, 0.29) is 5.25 Å². The first-order chi connectivity index (χ1) is 4.69. The Balaban J connectivity index is 2.65. The van der Waals surface area contributed by atoms with Crippen LogP contribution in [0.25, 0.3) is 0 Å². The Kier molecular flexibility index (Phi) is 2.28. The monoisotopic (exact) mass is 156 g/mol. The number of terminal acetylenes is 1. The van der Waals surface area contributed by atoms with Crippen LogP contribution in [0.1, 0.15) is 19.8 Å². The highest BCUT2D eigenvalue weighted by molar-refractivity contribution is 8.00. The summed E-state index contributed by atoms with van der Waals surface area (Å²) in [6, 6.07) is 0. The number of thioether (sulfide) groups is 1. The molecule has 1 nitrogen and oxygen atoms in total. The Hall–Kier alpha value is -0.130. The van der Waals surface area contributed by atoms with Gasteiger partial charge in [0.15, 0.2) is 0 Å². The highest BCUT2D eigenvalue weighted by Crippen LogP contribution is 2.32. The van der Waals surface area contributed by atoms with Crippen LogP contribution >= 0.6 is 11.8 Å². The van der Waals surface area contributed by atoms with E-state index in [0.29, 0.717) is 0 Å². The van der Waals surface area contributed by atoms with Crippen LogP contribution in [0.4, 0.5) is 0 Å². The summed E-state index contributed by atoms with van der Waals surface area (Å²) in [6.07, 6.45) is 7.01. The maximum atomic E-state index is 9.69. The molecule has 0 radical (unpaired) electrons. The first kappa shape index (κ1) is 7.97. The van der Waals surface area contributed by atoms with Crippen molar-refractivity contribution in [2.45, 2.75) is 30.6 Å². The van der Waals surface area contributed by atoms with E-state index in [1.54, 1.807) is 11.8 Å². The third-order valence-corrected chi connectivity index (χ3v) is 3.41. The predicted octanol–water partition coefficient (Wildman–Crippen LogP) is 1.27. The largest absolute Gasteiger partial charge is 0.376 e. The molecule has 0 aromatic rings. The molecule has 0 aromatic heterocycles. The molecule has 10 heavy (non-hydrogen) atoms. The Morgan fingerprint density at radius 2 is 2.50 bits per heavy atom. The van der Waals surface area contributed by atoms with Gasteiger partial charge in [0.1, 0.15) is 5.60 Å². The van der Waals surface area contributed by atoms with E-state index in [1.807, 2.05) is 6.92 Å². The molecule has 0 bridgehead atoms. The van der Waals surface area contributed by atoms with Gasteiger partial charge in [0.25, 0.3) is 0 Å². The van der Waals surface area contributed by atoms with Crippen LogP contribution in [0, 0.1) is 12.3 Å². The summed E-state index contributed by atoms with van der Waals surface area (Å²) in [5.74, 6) is 3.59. The zero-order valence-corrected chi connectivity index (χ0v) is 6.95. The van der Waals surface area contributed by atoms with Crippen molar-refractivity contribution in [1.29, 1.82) is 0 Å². The lowest BCUT2D eigenvalue weighted by Crippen LogP contribution is -2.39. The van der Waals surface area contributed by atoms with Crippen molar-refractivity contribution >= 4 is 11.8 Å². The molecule has 56 valence electrons. The topological polar surface area (TPSA) is 20.2 Å². The van der Waals surface area contributed by atoms with E-state index >= 15 is 0 Å². The Morgan fingerprint density at radius 3 is 2.90 bits per heavy atom. The summed E-state index contributed by atoms with van der Waals surface area (Å²) >= 11 is 1.76. The van der Waals surface area contributed by atoms with Gasteiger partial charge >= 0.3 is 0 Å². The minimum atomic E-state index is -0.830. The van der Waals surface area contributed by atoms with E-state index in [1.165, 1.54) is 0 Å². The first-order valence-corrected chi connectivity index (χ1v) is 4.55. The smallest absolute Gasteiger partial charge is 0.136 e. The highest BCUT2D eigenvalue weighted by Gasteiger charge is 2.34. The van der Waals surface area contributed by atoms with Crippen LogP contribution in [-0.4, -0.2) is 21.7 Å². The highest BCUT2D eigenvalue weighted by atomic mass is 32.2. The Labute approximate surface area is 66.2 Å². The molecule has 0 saturated carbocycles. The van der Waals surface area contributed by atoms with Crippen molar-refractivity contribution in [3.63, 3.8) is 0 Å². The van der Waals surface area contributed by atoms with Gasteiger partial charge in [-0.1, -0.05) is 5.92 Å². The van der Waals surface area contributed by atoms with Gasteiger partial charge in [-0.15, -0.1) is 6.42 Å². The SMILES string of the molecule is C#CC1(O)CCCSC1C. The normalized spacial score (nSPS) is 40.7.